The Morgan fingerprint density at radius 1 is 1.19 bits per heavy atom. The van der Waals surface area contributed by atoms with Crippen molar-refractivity contribution in [1.82, 2.24) is 10.6 Å². The SMILES string of the molecule is COc1cc(NC(=O)C(C)(C)C)c(C(=O)NCC2CCCN2)cc1OC.Cl. The average Bonchev–Trinajstić information content (AvgIpc) is 3.11. The molecule has 1 atom stereocenters. The third kappa shape index (κ3) is 6.01. The van der Waals surface area contributed by atoms with E-state index >= 15 is 0 Å². The molecule has 0 bridgehead atoms. The van der Waals surface area contributed by atoms with Crippen molar-refractivity contribution in [1.29, 1.82) is 0 Å². The van der Waals surface area contributed by atoms with Crippen molar-refractivity contribution in [3.8, 4) is 11.5 Å². The molecule has 1 fully saturated rings. The number of benzene rings is 1. The van der Waals surface area contributed by atoms with Crippen LogP contribution >= 0.6 is 12.4 Å². The summed E-state index contributed by atoms with van der Waals surface area (Å²) in [6.45, 7) is 6.96. The third-order valence-electron chi connectivity index (χ3n) is 4.37. The molecule has 0 aliphatic carbocycles. The Labute approximate surface area is 167 Å². The second-order valence-corrected chi connectivity index (χ2v) is 7.46. The smallest absolute Gasteiger partial charge is 0.253 e. The summed E-state index contributed by atoms with van der Waals surface area (Å²) < 4.78 is 10.6. The molecule has 27 heavy (non-hydrogen) atoms. The normalized spacial score (nSPS) is 16.3. The maximum Gasteiger partial charge on any atom is 0.253 e. The summed E-state index contributed by atoms with van der Waals surface area (Å²) in [7, 11) is 3.02. The molecule has 0 aromatic heterocycles. The lowest BCUT2D eigenvalue weighted by Gasteiger charge is -2.21. The van der Waals surface area contributed by atoms with Crippen molar-refractivity contribution in [2.45, 2.75) is 39.7 Å². The van der Waals surface area contributed by atoms with Crippen LogP contribution in [0.5, 0.6) is 11.5 Å². The van der Waals surface area contributed by atoms with Crippen molar-refractivity contribution in [3.63, 3.8) is 0 Å². The Kier molecular flexibility index (Phi) is 8.37. The highest BCUT2D eigenvalue weighted by molar-refractivity contribution is 6.05. The molecule has 152 valence electrons. The van der Waals surface area contributed by atoms with Gasteiger partial charge in [0.1, 0.15) is 0 Å². The van der Waals surface area contributed by atoms with Gasteiger partial charge in [-0.25, -0.2) is 0 Å². The van der Waals surface area contributed by atoms with Crippen LogP contribution in [0.1, 0.15) is 44.0 Å². The lowest BCUT2D eigenvalue weighted by molar-refractivity contribution is -0.123. The van der Waals surface area contributed by atoms with E-state index < -0.39 is 5.41 Å². The lowest BCUT2D eigenvalue weighted by atomic mass is 9.95. The maximum atomic E-state index is 12.7. The summed E-state index contributed by atoms with van der Waals surface area (Å²) in [5, 5.41) is 9.11. The molecule has 1 aromatic carbocycles. The summed E-state index contributed by atoms with van der Waals surface area (Å²) in [5.74, 6) is 0.441. The molecule has 8 heteroatoms. The molecule has 1 aromatic rings. The van der Waals surface area contributed by atoms with Crippen LogP contribution in [0.25, 0.3) is 0 Å². The second-order valence-electron chi connectivity index (χ2n) is 7.46. The van der Waals surface area contributed by atoms with Gasteiger partial charge in [0.15, 0.2) is 11.5 Å². The molecule has 0 spiro atoms. The molecule has 3 N–H and O–H groups in total. The van der Waals surface area contributed by atoms with Crippen LogP contribution in [0.4, 0.5) is 5.69 Å². The van der Waals surface area contributed by atoms with E-state index in [4.69, 9.17) is 9.47 Å². The molecular formula is C19H30ClN3O4. The predicted molar refractivity (Wildman–Crippen MR) is 108 cm³/mol. The van der Waals surface area contributed by atoms with Crippen LogP contribution in [0, 0.1) is 5.41 Å². The Bertz CT molecular complexity index is 668. The van der Waals surface area contributed by atoms with E-state index in [2.05, 4.69) is 16.0 Å². The predicted octanol–water partition coefficient (Wildman–Crippen LogP) is 2.59. The largest absolute Gasteiger partial charge is 0.493 e. The van der Waals surface area contributed by atoms with Crippen LogP contribution in [0.2, 0.25) is 0 Å². The fraction of sp³-hybridized carbons (Fsp3) is 0.579. The number of amides is 2. The quantitative estimate of drug-likeness (QED) is 0.684. The van der Waals surface area contributed by atoms with Gasteiger partial charge in [0.05, 0.1) is 25.5 Å². The van der Waals surface area contributed by atoms with E-state index in [0.717, 1.165) is 19.4 Å². The Morgan fingerprint density at radius 2 is 1.81 bits per heavy atom. The van der Waals surface area contributed by atoms with Crippen molar-refractivity contribution in [2.75, 3.05) is 32.6 Å². The van der Waals surface area contributed by atoms with Crippen molar-refractivity contribution in [2.24, 2.45) is 5.41 Å². The van der Waals surface area contributed by atoms with Gasteiger partial charge in [-0.15, -0.1) is 12.4 Å². The van der Waals surface area contributed by atoms with E-state index in [1.807, 2.05) is 20.8 Å². The van der Waals surface area contributed by atoms with Gasteiger partial charge in [-0.1, -0.05) is 20.8 Å². The number of hydrogen-bond donors (Lipinski definition) is 3. The molecule has 2 amide bonds. The Balaban J connectivity index is 0.00000364. The molecule has 1 saturated heterocycles. The standard InChI is InChI=1S/C19H29N3O4.ClH/c1-19(2,3)18(24)22-14-10-16(26-5)15(25-4)9-13(14)17(23)21-11-12-7-6-8-20-12;/h9-10,12,20H,6-8,11H2,1-5H3,(H,21,23)(H,22,24);1H. The number of nitrogens with one attached hydrogen (secondary N) is 3. The van der Waals surface area contributed by atoms with Crippen molar-refractivity contribution >= 4 is 29.9 Å². The van der Waals surface area contributed by atoms with Crippen LogP contribution in [0.3, 0.4) is 0 Å². The first-order chi connectivity index (χ1) is 12.3. The summed E-state index contributed by atoms with van der Waals surface area (Å²) in [6.07, 6.45) is 2.16. The number of hydrogen-bond acceptors (Lipinski definition) is 5. The number of rotatable bonds is 6. The number of halogens is 1. The Hall–Kier alpha value is -1.99. The monoisotopic (exact) mass is 399 g/mol. The molecule has 7 nitrogen and oxygen atoms in total. The summed E-state index contributed by atoms with van der Waals surface area (Å²) in [4.78, 5) is 25.1. The fourth-order valence-corrected chi connectivity index (χ4v) is 2.72. The van der Waals surface area contributed by atoms with Crippen LogP contribution < -0.4 is 25.4 Å². The highest BCUT2D eigenvalue weighted by Gasteiger charge is 2.25. The van der Waals surface area contributed by atoms with Gasteiger partial charge in [0, 0.05) is 24.1 Å². The summed E-state index contributed by atoms with van der Waals surface area (Å²) in [6, 6.07) is 3.49. The number of carbonyl (C=O) groups is 2. The van der Waals surface area contributed by atoms with Gasteiger partial charge in [0.25, 0.3) is 5.91 Å². The number of methoxy groups -OCH3 is 2. The molecule has 1 heterocycles. The number of carbonyl (C=O) groups excluding carboxylic acids is 2. The van der Waals surface area contributed by atoms with Crippen LogP contribution in [-0.2, 0) is 4.79 Å². The highest BCUT2D eigenvalue weighted by Crippen LogP contribution is 2.34. The zero-order chi connectivity index (χ0) is 19.3. The van der Waals surface area contributed by atoms with Crippen molar-refractivity contribution in [3.05, 3.63) is 17.7 Å². The Morgan fingerprint density at radius 3 is 2.33 bits per heavy atom. The van der Waals surface area contributed by atoms with E-state index in [1.165, 1.54) is 14.2 Å². The first-order valence-electron chi connectivity index (χ1n) is 8.85. The topological polar surface area (TPSA) is 88.7 Å². The first-order valence-corrected chi connectivity index (χ1v) is 8.85. The minimum Gasteiger partial charge on any atom is -0.493 e. The van der Waals surface area contributed by atoms with Gasteiger partial charge in [-0.2, -0.15) is 0 Å². The zero-order valence-corrected chi connectivity index (χ0v) is 17.4. The van der Waals surface area contributed by atoms with Gasteiger partial charge in [-0.3, -0.25) is 9.59 Å². The molecule has 1 aliphatic rings. The molecule has 1 aliphatic heterocycles. The van der Waals surface area contributed by atoms with Gasteiger partial charge in [0.2, 0.25) is 5.91 Å². The van der Waals surface area contributed by atoms with Gasteiger partial charge < -0.3 is 25.4 Å². The summed E-state index contributed by atoms with van der Waals surface area (Å²) >= 11 is 0. The molecule has 1 unspecified atom stereocenters. The first kappa shape index (κ1) is 23.0. The lowest BCUT2D eigenvalue weighted by Crippen LogP contribution is -2.37. The minimum absolute atomic E-state index is 0. The fourth-order valence-electron chi connectivity index (χ4n) is 2.72. The van der Waals surface area contributed by atoms with Crippen molar-refractivity contribution < 1.29 is 19.1 Å². The summed E-state index contributed by atoms with van der Waals surface area (Å²) in [5.41, 5.74) is 0.159. The van der Waals surface area contributed by atoms with Crippen LogP contribution in [-0.4, -0.2) is 45.2 Å². The number of ether oxygens (including phenoxy) is 2. The average molecular weight is 400 g/mol. The second kappa shape index (κ2) is 9.80. The van der Waals surface area contributed by atoms with E-state index in [-0.39, 0.29) is 30.3 Å². The van der Waals surface area contributed by atoms with E-state index in [1.54, 1.807) is 12.1 Å². The number of anilines is 1. The van der Waals surface area contributed by atoms with Crippen LogP contribution in [0.15, 0.2) is 12.1 Å². The molecular weight excluding hydrogens is 370 g/mol. The van der Waals surface area contributed by atoms with Gasteiger partial charge in [-0.05, 0) is 25.5 Å². The third-order valence-corrected chi connectivity index (χ3v) is 4.37. The molecule has 2 rings (SSSR count). The molecule has 0 saturated carbocycles. The van der Waals surface area contributed by atoms with Gasteiger partial charge >= 0.3 is 0 Å². The minimum atomic E-state index is -0.589. The zero-order valence-electron chi connectivity index (χ0n) is 16.6. The highest BCUT2D eigenvalue weighted by atomic mass is 35.5. The maximum absolute atomic E-state index is 12.7. The van der Waals surface area contributed by atoms with E-state index in [9.17, 15) is 9.59 Å². The molecule has 0 radical (unpaired) electrons. The van der Waals surface area contributed by atoms with E-state index in [0.29, 0.717) is 29.3 Å².